The van der Waals surface area contributed by atoms with Gasteiger partial charge in [-0.15, -0.1) is 0 Å². The van der Waals surface area contributed by atoms with Crippen LogP contribution in [0.3, 0.4) is 0 Å². The number of anilines is 1. The van der Waals surface area contributed by atoms with Gasteiger partial charge < -0.3 is 10.1 Å². The quantitative estimate of drug-likeness (QED) is 0.706. The van der Waals surface area contributed by atoms with Gasteiger partial charge in [-0.1, -0.05) is 48.0 Å². The zero-order valence-electron chi connectivity index (χ0n) is 14.1. The number of hydrogen-bond donors (Lipinski definition) is 1. The number of nitrogens with one attached hydrogen (secondary N) is 1. The summed E-state index contributed by atoms with van der Waals surface area (Å²) in [7, 11) is 0. The molecule has 0 spiro atoms. The summed E-state index contributed by atoms with van der Waals surface area (Å²) >= 11 is 6.56. The van der Waals surface area contributed by atoms with E-state index >= 15 is 0 Å². The van der Waals surface area contributed by atoms with Crippen LogP contribution in [0.2, 0.25) is 5.02 Å². The SMILES string of the molecule is CCOc1ccccc1C1Nc2c(C)ccc(Cl)c2C2C=CCC21. The van der Waals surface area contributed by atoms with Crippen LogP contribution in [0, 0.1) is 12.8 Å². The Hall–Kier alpha value is -1.93. The molecule has 124 valence electrons. The molecule has 2 aliphatic rings. The van der Waals surface area contributed by atoms with Crippen LogP contribution in [0.1, 0.15) is 42.0 Å². The number of halogens is 1. The number of hydrogen-bond acceptors (Lipinski definition) is 2. The van der Waals surface area contributed by atoms with Gasteiger partial charge in [-0.3, -0.25) is 0 Å². The van der Waals surface area contributed by atoms with Crippen LogP contribution in [0.4, 0.5) is 5.69 Å². The summed E-state index contributed by atoms with van der Waals surface area (Å²) in [6, 6.07) is 12.7. The van der Waals surface area contributed by atoms with Crippen molar-refractivity contribution in [3.05, 3.63) is 70.3 Å². The molecular weight excluding hydrogens is 318 g/mol. The monoisotopic (exact) mass is 339 g/mol. The number of fused-ring (bicyclic) bond motifs is 3. The maximum atomic E-state index is 6.56. The van der Waals surface area contributed by atoms with E-state index in [-0.39, 0.29) is 6.04 Å². The van der Waals surface area contributed by atoms with Crippen molar-refractivity contribution in [1.29, 1.82) is 0 Å². The van der Waals surface area contributed by atoms with E-state index in [0.717, 1.165) is 17.2 Å². The first-order valence-electron chi connectivity index (χ1n) is 8.64. The zero-order valence-corrected chi connectivity index (χ0v) is 14.8. The third-order valence-electron chi connectivity index (χ3n) is 5.23. The molecule has 0 saturated carbocycles. The van der Waals surface area contributed by atoms with Gasteiger partial charge in [0, 0.05) is 27.8 Å². The van der Waals surface area contributed by atoms with Gasteiger partial charge in [-0.25, -0.2) is 0 Å². The second kappa shape index (κ2) is 6.18. The highest BCUT2D eigenvalue weighted by Crippen LogP contribution is 2.53. The first kappa shape index (κ1) is 15.6. The van der Waals surface area contributed by atoms with Crippen molar-refractivity contribution >= 4 is 17.3 Å². The minimum atomic E-state index is 0.234. The number of para-hydroxylation sites is 1. The Bertz CT molecular complexity index is 798. The fourth-order valence-electron chi connectivity index (χ4n) is 4.14. The average molecular weight is 340 g/mol. The molecule has 3 heteroatoms. The van der Waals surface area contributed by atoms with Crippen LogP contribution >= 0.6 is 11.6 Å². The molecule has 24 heavy (non-hydrogen) atoms. The van der Waals surface area contributed by atoms with Crippen molar-refractivity contribution in [3.63, 3.8) is 0 Å². The summed E-state index contributed by atoms with van der Waals surface area (Å²) in [5, 5.41) is 4.65. The van der Waals surface area contributed by atoms with E-state index in [2.05, 4.69) is 48.7 Å². The molecule has 0 aromatic heterocycles. The van der Waals surface area contributed by atoms with Crippen molar-refractivity contribution in [1.82, 2.24) is 0 Å². The molecule has 2 aromatic rings. The lowest BCUT2D eigenvalue weighted by atomic mass is 9.76. The third kappa shape index (κ3) is 2.41. The second-order valence-electron chi connectivity index (χ2n) is 6.60. The van der Waals surface area contributed by atoms with Crippen molar-refractivity contribution in [2.24, 2.45) is 5.92 Å². The van der Waals surface area contributed by atoms with E-state index in [9.17, 15) is 0 Å². The van der Waals surface area contributed by atoms with Gasteiger partial charge in [0.2, 0.25) is 0 Å². The molecule has 1 N–H and O–H groups in total. The molecule has 1 aliphatic carbocycles. The first-order valence-corrected chi connectivity index (χ1v) is 9.02. The Balaban J connectivity index is 1.83. The van der Waals surface area contributed by atoms with Gasteiger partial charge in [0.15, 0.2) is 0 Å². The summed E-state index contributed by atoms with van der Waals surface area (Å²) in [5.74, 6) is 1.82. The lowest BCUT2D eigenvalue weighted by molar-refractivity contribution is 0.326. The molecule has 0 fully saturated rings. The molecule has 2 nitrogen and oxygen atoms in total. The first-order chi connectivity index (χ1) is 11.7. The van der Waals surface area contributed by atoms with Crippen LogP contribution in [0.15, 0.2) is 48.6 Å². The molecule has 0 amide bonds. The highest BCUT2D eigenvalue weighted by Gasteiger charge is 2.40. The molecule has 3 atom stereocenters. The summed E-state index contributed by atoms with van der Waals surface area (Å²) in [5.41, 5.74) is 4.92. The Morgan fingerprint density at radius 1 is 1.21 bits per heavy atom. The van der Waals surface area contributed by atoms with Crippen molar-refractivity contribution < 1.29 is 4.74 Å². The number of rotatable bonds is 3. The highest BCUT2D eigenvalue weighted by atomic mass is 35.5. The van der Waals surface area contributed by atoms with Crippen LogP contribution in [0.25, 0.3) is 0 Å². The average Bonchev–Trinajstić information content (AvgIpc) is 3.08. The van der Waals surface area contributed by atoms with E-state index in [1.165, 1.54) is 22.4 Å². The minimum absolute atomic E-state index is 0.234. The fraction of sp³-hybridized carbons (Fsp3) is 0.333. The number of ether oxygens (including phenoxy) is 1. The van der Waals surface area contributed by atoms with Gasteiger partial charge in [0.25, 0.3) is 0 Å². The summed E-state index contributed by atoms with van der Waals surface area (Å²) in [6.07, 6.45) is 5.68. The topological polar surface area (TPSA) is 21.3 Å². The predicted molar refractivity (Wildman–Crippen MR) is 100 cm³/mol. The molecule has 1 aliphatic heterocycles. The lowest BCUT2D eigenvalue weighted by Crippen LogP contribution is -2.30. The Kier molecular flexibility index (Phi) is 4.01. The summed E-state index contributed by atoms with van der Waals surface area (Å²) < 4.78 is 5.89. The maximum Gasteiger partial charge on any atom is 0.124 e. The van der Waals surface area contributed by atoms with Gasteiger partial charge in [0.1, 0.15) is 5.75 Å². The number of aryl methyl sites for hydroxylation is 1. The Labute approximate surface area is 148 Å². The number of allylic oxidation sites excluding steroid dienone is 2. The van der Waals surface area contributed by atoms with Gasteiger partial charge in [0.05, 0.1) is 12.6 Å². The summed E-state index contributed by atoms with van der Waals surface area (Å²) in [4.78, 5) is 0. The van der Waals surface area contributed by atoms with E-state index in [0.29, 0.717) is 18.4 Å². The molecule has 0 radical (unpaired) electrons. The highest BCUT2D eigenvalue weighted by molar-refractivity contribution is 6.32. The third-order valence-corrected chi connectivity index (χ3v) is 5.56. The summed E-state index contributed by atoms with van der Waals surface area (Å²) in [6.45, 7) is 4.86. The van der Waals surface area contributed by atoms with E-state index in [4.69, 9.17) is 16.3 Å². The van der Waals surface area contributed by atoms with Crippen LogP contribution in [0.5, 0.6) is 5.75 Å². The Morgan fingerprint density at radius 3 is 2.88 bits per heavy atom. The molecule has 0 saturated heterocycles. The molecule has 0 bridgehead atoms. The zero-order chi connectivity index (χ0) is 16.7. The standard InChI is InChI=1S/C21H22ClNO/c1-3-24-18-10-5-4-7-16(18)21-15-9-6-8-14(15)19-17(22)12-11-13(2)20(19)23-21/h4-8,10-12,14-15,21,23H,3,9H2,1-2H3. The smallest absolute Gasteiger partial charge is 0.124 e. The van der Waals surface area contributed by atoms with Crippen LogP contribution in [-0.4, -0.2) is 6.61 Å². The second-order valence-corrected chi connectivity index (χ2v) is 7.01. The van der Waals surface area contributed by atoms with Crippen LogP contribution < -0.4 is 10.1 Å². The number of benzene rings is 2. The lowest BCUT2D eigenvalue weighted by Gasteiger charge is -2.39. The van der Waals surface area contributed by atoms with Crippen molar-refractivity contribution in [2.45, 2.75) is 32.2 Å². The van der Waals surface area contributed by atoms with Crippen LogP contribution in [-0.2, 0) is 0 Å². The molecular formula is C21H22ClNO. The van der Waals surface area contributed by atoms with E-state index < -0.39 is 0 Å². The maximum absolute atomic E-state index is 6.56. The van der Waals surface area contributed by atoms with Crippen molar-refractivity contribution in [2.75, 3.05) is 11.9 Å². The van der Waals surface area contributed by atoms with Gasteiger partial charge >= 0.3 is 0 Å². The minimum Gasteiger partial charge on any atom is -0.494 e. The largest absolute Gasteiger partial charge is 0.494 e. The van der Waals surface area contributed by atoms with E-state index in [1.807, 2.05) is 19.1 Å². The van der Waals surface area contributed by atoms with E-state index in [1.54, 1.807) is 0 Å². The normalized spacial score (nSPS) is 24.2. The molecule has 4 rings (SSSR count). The van der Waals surface area contributed by atoms with Gasteiger partial charge in [-0.2, -0.15) is 0 Å². The molecule has 3 unspecified atom stereocenters. The molecule has 2 aromatic carbocycles. The Morgan fingerprint density at radius 2 is 2.04 bits per heavy atom. The predicted octanol–water partition coefficient (Wildman–Crippen LogP) is 5.87. The fourth-order valence-corrected chi connectivity index (χ4v) is 4.42. The molecule has 1 heterocycles. The van der Waals surface area contributed by atoms with Gasteiger partial charge in [-0.05, 0) is 43.9 Å². The van der Waals surface area contributed by atoms with Crippen molar-refractivity contribution in [3.8, 4) is 5.75 Å².